The number of imide groups is 1. The van der Waals surface area contributed by atoms with Crippen LogP contribution >= 0.6 is 0 Å². The Morgan fingerprint density at radius 1 is 0.783 bits per heavy atom. The normalized spacial score (nSPS) is 12.8. The van der Waals surface area contributed by atoms with Gasteiger partial charge < -0.3 is 0 Å². The zero-order chi connectivity index (χ0) is 16.1. The summed E-state index contributed by atoms with van der Waals surface area (Å²) >= 11 is 0. The van der Waals surface area contributed by atoms with Gasteiger partial charge >= 0.3 is 0 Å². The summed E-state index contributed by atoms with van der Waals surface area (Å²) in [5.74, 6) is 5.85. The van der Waals surface area contributed by atoms with Crippen LogP contribution in [0.25, 0.3) is 0 Å². The van der Waals surface area contributed by atoms with Gasteiger partial charge in [0.05, 0.1) is 11.1 Å². The van der Waals surface area contributed by atoms with Crippen molar-refractivity contribution >= 4 is 11.8 Å². The lowest BCUT2D eigenvalue weighted by atomic mass is 10.1. The molecule has 2 amide bonds. The van der Waals surface area contributed by atoms with E-state index in [1.165, 1.54) is 10.5 Å². The van der Waals surface area contributed by atoms with Gasteiger partial charge in [0.2, 0.25) is 0 Å². The largest absolute Gasteiger partial charge is 0.274 e. The predicted octanol–water partition coefficient (Wildman–Crippen LogP) is 3.31. The van der Waals surface area contributed by atoms with Crippen molar-refractivity contribution in [2.75, 3.05) is 6.54 Å². The summed E-state index contributed by atoms with van der Waals surface area (Å²) in [5.41, 5.74) is 2.21. The van der Waals surface area contributed by atoms with E-state index in [-0.39, 0.29) is 11.8 Å². The van der Waals surface area contributed by atoms with Crippen molar-refractivity contribution in [3.8, 4) is 11.8 Å². The van der Waals surface area contributed by atoms with Crippen molar-refractivity contribution in [2.45, 2.75) is 19.3 Å². The molecule has 3 nitrogen and oxygen atoms in total. The fourth-order valence-corrected chi connectivity index (χ4v) is 2.62. The van der Waals surface area contributed by atoms with Gasteiger partial charge in [0.15, 0.2) is 0 Å². The number of hydrogen-bond acceptors (Lipinski definition) is 2. The van der Waals surface area contributed by atoms with E-state index in [1.54, 1.807) is 24.3 Å². The predicted molar refractivity (Wildman–Crippen MR) is 89.0 cm³/mol. The third-order valence-corrected chi connectivity index (χ3v) is 3.82. The number of fused-ring (bicyclic) bond motifs is 1. The molecule has 0 spiro atoms. The minimum absolute atomic E-state index is 0.192. The van der Waals surface area contributed by atoms with Gasteiger partial charge in [-0.15, -0.1) is 5.92 Å². The Hall–Kier alpha value is -2.86. The number of nitrogens with zero attached hydrogens (tertiary/aromatic N) is 1. The van der Waals surface area contributed by atoms with Gasteiger partial charge in [0, 0.05) is 19.4 Å². The maximum Gasteiger partial charge on any atom is 0.261 e. The maximum absolute atomic E-state index is 12.2. The zero-order valence-electron chi connectivity index (χ0n) is 12.8. The molecule has 0 saturated carbocycles. The van der Waals surface area contributed by atoms with Crippen LogP contribution in [0, 0.1) is 11.8 Å². The average Bonchev–Trinajstić information content (AvgIpc) is 2.84. The second kappa shape index (κ2) is 6.93. The quantitative estimate of drug-likeness (QED) is 0.494. The molecular weight excluding hydrogens is 286 g/mol. The highest BCUT2D eigenvalue weighted by Crippen LogP contribution is 2.22. The summed E-state index contributed by atoms with van der Waals surface area (Å²) in [5, 5.41) is 0. The molecular formula is C20H17NO2. The smallest absolute Gasteiger partial charge is 0.261 e. The highest BCUT2D eigenvalue weighted by Gasteiger charge is 2.34. The molecule has 114 valence electrons. The Kier molecular flexibility index (Phi) is 4.54. The Balaban J connectivity index is 1.49. The van der Waals surface area contributed by atoms with Gasteiger partial charge in [0.25, 0.3) is 11.8 Å². The second-order valence-electron chi connectivity index (χ2n) is 5.43. The number of benzene rings is 2. The Morgan fingerprint density at radius 3 is 2.04 bits per heavy atom. The summed E-state index contributed by atoms with van der Waals surface area (Å²) in [6, 6.07) is 17.0. The van der Waals surface area contributed by atoms with Crippen molar-refractivity contribution in [1.82, 2.24) is 4.90 Å². The lowest BCUT2D eigenvalue weighted by Gasteiger charge is -2.12. The summed E-state index contributed by atoms with van der Waals surface area (Å²) < 4.78 is 0. The summed E-state index contributed by atoms with van der Waals surface area (Å²) in [4.78, 5) is 25.7. The summed E-state index contributed by atoms with van der Waals surface area (Å²) in [6.45, 7) is 0.423. The highest BCUT2D eigenvalue weighted by molar-refractivity contribution is 6.21. The number of carbonyl (C=O) groups is 2. The molecule has 0 fully saturated rings. The lowest BCUT2D eigenvalue weighted by molar-refractivity contribution is 0.0653. The third-order valence-electron chi connectivity index (χ3n) is 3.82. The van der Waals surface area contributed by atoms with E-state index in [0.29, 0.717) is 30.5 Å². The molecule has 0 bridgehead atoms. The molecule has 0 saturated heterocycles. The minimum Gasteiger partial charge on any atom is -0.274 e. The molecule has 0 unspecified atom stereocenters. The number of rotatable bonds is 4. The number of amides is 2. The molecule has 1 aliphatic heterocycles. The molecule has 3 rings (SSSR count). The van der Waals surface area contributed by atoms with Crippen LogP contribution in [-0.2, 0) is 6.42 Å². The molecule has 0 atom stereocenters. The van der Waals surface area contributed by atoms with Crippen LogP contribution in [0.3, 0.4) is 0 Å². The van der Waals surface area contributed by atoms with Gasteiger partial charge in [-0.25, -0.2) is 0 Å². The SMILES string of the molecule is O=C1c2ccccc2C(=O)N1CCCC#CCc1ccccc1. The Labute approximate surface area is 135 Å². The van der Waals surface area contributed by atoms with Gasteiger partial charge in [-0.1, -0.05) is 48.4 Å². The number of carbonyl (C=O) groups excluding carboxylic acids is 2. The standard InChI is InChI=1S/C20H17NO2/c22-19-17-13-7-8-14-18(17)20(23)21(19)15-9-2-1-4-10-16-11-5-3-6-12-16/h3,5-8,11-14H,2,9-10,15H2. The monoisotopic (exact) mass is 303 g/mol. The van der Waals surface area contributed by atoms with E-state index >= 15 is 0 Å². The van der Waals surface area contributed by atoms with E-state index in [2.05, 4.69) is 11.8 Å². The first-order valence-electron chi connectivity index (χ1n) is 7.72. The van der Waals surface area contributed by atoms with Crippen LogP contribution in [0.1, 0.15) is 39.1 Å². The third kappa shape index (κ3) is 3.32. The minimum atomic E-state index is -0.192. The first-order chi connectivity index (χ1) is 11.3. The molecule has 2 aromatic rings. The highest BCUT2D eigenvalue weighted by atomic mass is 16.2. The second-order valence-corrected chi connectivity index (χ2v) is 5.43. The van der Waals surface area contributed by atoms with E-state index in [9.17, 15) is 9.59 Å². The topological polar surface area (TPSA) is 37.4 Å². The fraction of sp³-hybridized carbons (Fsp3) is 0.200. The van der Waals surface area contributed by atoms with Crippen LogP contribution in [0.2, 0.25) is 0 Å². The maximum atomic E-state index is 12.2. The molecule has 1 heterocycles. The van der Waals surface area contributed by atoms with E-state index in [0.717, 1.165) is 6.42 Å². The number of unbranched alkanes of at least 4 members (excludes halogenated alkanes) is 1. The summed E-state index contributed by atoms with van der Waals surface area (Å²) in [7, 11) is 0. The molecule has 0 N–H and O–H groups in total. The Bertz CT molecular complexity index is 749. The van der Waals surface area contributed by atoms with Crippen molar-refractivity contribution in [3.05, 3.63) is 71.3 Å². The lowest BCUT2D eigenvalue weighted by Crippen LogP contribution is -2.30. The molecule has 0 radical (unpaired) electrons. The van der Waals surface area contributed by atoms with Crippen molar-refractivity contribution < 1.29 is 9.59 Å². The van der Waals surface area contributed by atoms with Gasteiger partial charge in [-0.2, -0.15) is 0 Å². The fourth-order valence-electron chi connectivity index (χ4n) is 2.62. The van der Waals surface area contributed by atoms with E-state index in [1.807, 2.05) is 30.3 Å². The summed E-state index contributed by atoms with van der Waals surface area (Å²) in [6.07, 6.45) is 2.11. The molecule has 2 aromatic carbocycles. The molecule has 0 aliphatic carbocycles. The molecule has 1 aliphatic rings. The zero-order valence-corrected chi connectivity index (χ0v) is 12.8. The number of hydrogen-bond donors (Lipinski definition) is 0. The van der Waals surface area contributed by atoms with Crippen LogP contribution in [0.15, 0.2) is 54.6 Å². The first kappa shape index (κ1) is 15.1. The Morgan fingerprint density at radius 2 is 1.39 bits per heavy atom. The van der Waals surface area contributed by atoms with Gasteiger partial charge in [-0.05, 0) is 24.1 Å². The van der Waals surface area contributed by atoms with Gasteiger partial charge in [0.1, 0.15) is 0 Å². The van der Waals surface area contributed by atoms with E-state index < -0.39 is 0 Å². The average molecular weight is 303 g/mol. The molecule has 23 heavy (non-hydrogen) atoms. The van der Waals surface area contributed by atoms with Crippen LogP contribution in [0.4, 0.5) is 0 Å². The van der Waals surface area contributed by atoms with Gasteiger partial charge in [-0.3, -0.25) is 14.5 Å². The first-order valence-corrected chi connectivity index (χ1v) is 7.72. The van der Waals surface area contributed by atoms with Crippen molar-refractivity contribution in [2.24, 2.45) is 0 Å². The van der Waals surface area contributed by atoms with Crippen LogP contribution < -0.4 is 0 Å². The van der Waals surface area contributed by atoms with E-state index in [4.69, 9.17) is 0 Å². The van der Waals surface area contributed by atoms with Crippen molar-refractivity contribution in [1.29, 1.82) is 0 Å². The van der Waals surface area contributed by atoms with Crippen molar-refractivity contribution in [3.63, 3.8) is 0 Å². The van der Waals surface area contributed by atoms with Crippen LogP contribution in [0.5, 0.6) is 0 Å². The molecule has 0 aromatic heterocycles. The van der Waals surface area contributed by atoms with Crippen LogP contribution in [-0.4, -0.2) is 23.3 Å². The molecule has 3 heteroatoms.